The first kappa shape index (κ1) is 16.7. The van der Waals surface area contributed by atoms with Crippen LogP contribution in [-0.4, -0.2) is 35.5 Å². The second-order valence-corrected chi connectivity index (χ2v) is 5.86. The molecule has 2 aromatic heterocycles. The van der Waals surface area contributed by atoms with Crippen LogP contribution < -0.4 is 10.2 Å². The smallest absolute Gasteiger partial charge is 0.244 e. The monoisotopic (exact) mass is 337 g/mol. The number of hydrogen-bond donors (Lipinski definition) is 1. The molecule has 1 N–H and O–H groups in total. The molecule has 0 radical (unpaired) electrons. The molecule has 0 saturated carbocycles. The van der Waals surface area contributed by atoms with E-state index in [4.69, 9.17) is 9.68 Å². The highest BCUT2D eigenvalue weighted by atomic mass is 16.3. The van der Waals surface area contributed by atoms with Gasteiger partial charge in [0.1, 0.15) is 11.8 Å². The van der Waals surface area contributed by atoms with Crippen molar-refractivity contribution >= 4 is 17.8 Å². The zero-order chi connectivity index (χ0) is 17.5. The summed E-state index contributed by atoms with van der Waals surface area (Å²) < 4.78 is 5.14. The van der Waals surface area contributed by atoms with Gasteiger partial charge in [-0.2, -0.15) is 5.26 Å². The number of rotatable bonds is 5. The Morgan fingerprint density at radius 2 is 2.20 bits per heavy atom. The topological polar surface area (TPSA) is 95.0 Å². The number of nitrogens with one attached hydrogen (secondary N) is 1. The Hall–Kier alpha value is -3.14. The molecule has 3 rings (SSSR count). The highest BCUT2D eigenvalue weighted by Gasteiger charge is 2.22. The van der Waals surface area contributed by atoms with E-state index in [9.17, 15) is 4.79 Å². The summed E-state index contributed by atoms with van der Waals surface area (Å²) in [5.74, 6) is 1.59. The molecule has 0 spiro atoms. The average molecular weight is 337 g/mol. The van der Waals surface area contributed by atoms with Gasteiger partial charge in [-0.3, -0.25) is 4.79 Å². The molecular weight excluding hydrogens is 318 g/mol. The second kappa shape index (κ2) is 8.11. The molecule has 128 valence electrons. The lowest BCUT2D eigenvalue weighted by Gasteiger charge is -2.32. The molecule has 1 aliphatic heterocycles. The Bertz CT molecular complexity index is 771. The molecule has 7 nitrogen and oxygen atoms in total. The summed E-state index contributed by atoms with van der Waals surface area (Å²) >= 11 is 0. The van der Waals surface area contributed by atoms with Gasteiger partial charge in [0.05, 0.1) is 6.26 Å². The Morgan fingerprint density at radius 1 is 1.40 bits per heavy atom. The maximum absolute atomic E-state index is 11.8. The molecule has 2 aromatic rings. The van der Waals surface area contributed by atoms with Gasteiger partial charge in [0.2, 0.25) is 5.91 Å². The molecule has 3 heterocycles. The number of aromatic nitrogens is 2. The van der Waals surface area contributed by atoms with Gasteiger partial charge in [0, 0.05) is 38.1 Å². The van der Waals surface area contributed by atoms with Crippen LogP contribution in [0.15, 0.2) is 41.3 Å². The summed E-state index contributed by atoms with van der Waals surface area (Å²) in [4.78, 5) is 22.3. The number of carbonyl (C=O) groups is 1. The SMILES string of the molecule is N#Cc1nccnc1N1CCC(CNC(=O)/C=C/c2ccco2)CC1. The van der Waals surface area contributed by atoms with Gasteiger partial charge in [0.25, 0.3) is 0 Å². The molecular formula is C18H19N5O2. The van der Waals surface area contributed by atoms with Crippen molar-refractivity contribution in [1.82, 2.24) is 15.3 Å². The molecule has 0 aliphatic carbocycles. The molecule has 1 aliphatic rings. The fourth-order valence-corrected chi connectivity index (χ4v) is 2.84. The first-order valence-corrected chi connectivity index (χ1v) is 8.21. The van der Waals surface area contributed by atoms with E-state index in [0.29, 0.717) is 29.7 Å². The van der Waals surface area contributed by atoms with E-state index in [-0.39, 0.29) is 5.91 Å². The molecule has 1 saturated heterocycles. The van der Waals surface area contributed by atoms with Crippen LogP contribution in [0.1, 0.15) is 24.3 Å². The average Bonchev–Trinajstić information content (AvgIpc) is 3.19. The van der Waals surface area contributed by atoms with E-state index in [0.717, 1.165) is 25.9 Å². The van der Waals surface area contributed by atoms with Crippen molar-refractivity contribution in [2.24, 2.45) is 5.92 Å². The number of nitrogens with zero attached hydrogens (tertiary/aromatic N) is 4. The lowest BCUT2D eigenvalue weighted by molar-refractivity contribution is -0.116. The molecule has 1 fully saturated rings. The lowest BCUT2D eigenvalue weighted by Crippen LogP contribution is -2.39. The quantitative estimate of drug-likeness (QED) is 0.838. The van der Waals surface area contributed by atoms with E-state index in [1.807, 2.05) is 0 Å². The Labute approximate surface area is 146 Å². The number of furan rings is 1. The second-order valence-electron chi connectivity index (χ2n) is 5.86. The summed E-state index contributed by atoms with van der Waals surface area (Å²) in [5.41, 5.74) is 0.359. The van der Waals surface area contributed by atoms with Crippen LogP contribution in [0.5, 0.6) is 0 Å². The molecule has 7 heteroatoms. The minimum atomic E-state index is -0.125. The molecule has 1 amide bonds. The van der Waals surface area contributed by atoms with Gasteiger partial charge >= 0.3 is 0 Å². The highest BCUT2D eigenvalue weighted by molar-refractivity contribution is 5.91. The van der Waals surface area contributed by atoms with Crippen LogP contribution in [0.25, 0.3) is 6.08 Å². The Balaban J connectivity index is 1.45. The van der Waals surface area contributed by atoms with Crippen molar-refractivity contribution in [2.75, 3.05) is 24.5 Å². The van der Waals surface area contributed by atoms with Crippen molar-refractivity contribution in [3.8, 4) is 6.07 Å². The minimum Gasteiger partial charge on any atom is -0.465 e. The van der Waals surface area contributed by atoms with Gasteiger partial charge in [-0.25, -0.2) is 9.97 Å². The van der Waals surface area contributed by atoms with Crippen LogP contribution in [-0.2, 0) is 4.79 Å². The third-order valence-electron chi connectivity index (χ3n) is 4.21. The summed E-state index contributed by atoms with van der Waals surface area (Å²) in [5, 5.41) is 12.1. The fraction of sp³-hybridized carbons (Fsp3) is 0.333. The number of anilines is 1. The van der Waals surface area contributed by atoms with E-state index >= 15 is 0 Å². The molecule has 0 unspecified atom stereocenters. The normalized spacial score (nSPS) is 15.2. The first-order valence-electron chi connectivity index (χ1n) is 8.21. The Morgan fingerprint density at radius 3 is 2.92 bits per heavy atom. The summed E-state index contributed by atoms with van der Waals surface area (Å²) in [6.07, 6.45) is 9.70. The molecule has 0 bridgehead atoms. The number of amides is 1. The third kappa shape index (κ3) is 4.44. The summed E-state index contributed by atoms with van der Waals surface area (Å²) in [6, 6.07) is 5.65. The van der Waals surface area contributed by atoms with Gasteiger partial charge in [-0.05, 0) is 37.0 Å². The predicted molar refractivity (Wildman–Crippen MR) is 92.4 cm³/mol. The lowest BCUT2D eigenvalue weighted by atomic mass is 9.96. The van der Waals surface area contributed by atoms with Crippen LogP contribution in [0.4, 0.5) is 5.82 Å². The van der Waals surface area contributed by atoms with Crippen LogP contribution in [0.2, 0.25) is 0 Å². The van der Waals surface area contributed by atoms with Crippen molar-refractivity contribution in [1.29, 1.82) is 5.26 Å². The van der Waals surface area contributed by atoms with Crippen molar-refractivity contribution < 1.29 is 9.21 Å². The predicted octanol–water partition coefficient (Wildman–Crippen LogP) is 1.99. The fourth-order valence-electron chi connectivity index (χ4n) is 2.84. The zero-order valence-electron chi connectivity index (χ0n) is 13.8. The standard InChI is InChI=1S/C18H19N5O2/c19-12-16-18(21-8-7-20-16)23-9-5-14(6-10-23)13-22-17(24)4-3-15-2-1-11-25-15/h1-4,7-8,11,14H,5-6,9-10,13H2,(H,22,24)/b4-3+. The zero-order valence-corrected chi connectivity index (χ0v) is 13.8. The summed E-state index contributed by atoms with van der Waals surface area (Å²) in [6.45, 7) is 2.24. The Kier molecular flexibility index (Phi) is 5.42. The van der Waals surface area contributed by atoms with Crippen molar-refractivity contribution in [3.63, 3.8) is 0 Å². The van der Waals surface area contributed by atoms with Crippen molar-refractivity contribution in [3.05, 3.63) is 48.3 Å². The van der Waals surface area contributed by atoms with Gasteiger partial charge < -0.3 is 14.6 Å². The highest BCUT2D eigenvalue weighted by Crippen LogP contribution is 2.22. The summed E-state index contributed by atoms with van der Waals surface area (Å²) in [7, 11) is 0. The molecule has 0 atom stereocenters. The van der Waals surface area contributed by atoms with Crippen LogP contribution >= 0.6 is 0 Å². The van der Waals surface area contributed by atoms with Gasteiger partial charge in [-0.15, -0.1) is 0 Å². The van der Waals surface area contributed by atoms with Gasteiger partial charge in [-0.1, -0.05) is 0 Å². The van der Waals surface area contributed by atoms with E-state index < -0.39 is 0 Å². The largest absolute Gasteiger partial charge is 0.465 e. The number of nitriles is 1. The number of carbonyl (C=O) groups excluding carboxylic acids is 1. The minimum absolute atomic E-state index is 0.125. The van der Waals surface area contributed by atoms with Crippen LogP contribution in [0, 0.1) is 17.2 Å². The molecule has 0 aromatic carbocycles. The van der Waals surface area contributed by atoms with E-state index in [1.165, 1.54) is 12.3 Å². The first-order chi connectivity index (χ1) is 12.3. The third-order valence-corrected chi connectivity index (χ3v) is 4.21. The van der Waals surface area contributed by atoms with E-state index in [2.05, 4.69) is 26.3 Å². The van der Waals surface area contributed by atoms with Crippen molar-refractivity contribution in [2.45, 2.75) is 12.8 Å². The van der Waals surface area contributed by atoms with Gasteiger partial charge in [0.15, 0.2) is 11.5 Å². The van der Waals surface area contributed by atoms with Crippen LogP contribution in [0.3, 0.4) is 0 Å². The number of piperidine rings is 1. The number of hydrogen-bond acceptors (Lipinski definition) is 6. The van der Waals surface area contributed by atoms with E-state index in [1.54, 1.807) is 30.7 Å². The maximum Gasteiger partial charge on any atom is 0.244 e. The maximum atomic E-state index is 11.8. The molecule has 25 heavy (non-hydrogen) atoms.